The minimum atomic E-state index is 0.104. The van der Waals surface area contributed by atoms with Gasteiger partial charge in [-0.1, -0.05) is 48.8 Å². The highest BCUT2D eigenvalue weighted by atomic mass is 79.9. The van der Waals surface area contributed by atoms with Crippen LogP contribution in [0, 0.1) is 0 Å². The maximum atomic E-state index is 4.80. The van der Waals surface area contributed by atoms with Crippen molar-refractivity contribution in [2.75, 3.05) is 7.05 Å². The molecule has 2 rings (SSSR count). The summed E-state index contributed by atoms with van der Waals surface area (Å²) in [5.74, 6) is 0. The second kappa shape index (κ2) is 5.73. The van der Waals surface area contributed by atoms with Gasteiger partial charge in [-0.2, -0.15) is 0 Å². The summed E-state index contributed by atoms with van der Waals surface area (Å²) < 4.78 is 1.10. The fraction of sp³-hybridized carbons (Fsp3) is 0.400. The molecule has 0 aliphatic heterocycles. The molecule has 19 heavy (non-hydrogen) atoms. The van der Waals surface area contributed by atoms with Gasteiger partial charge in [-0.3, -0.25) is 0 Å². The number of nitrogens with zero attached hydrogens (tertiary/aromatic N) is 1. The topological polar surface area (TPSA) is 24.9 Å². The monoisotopic (exact) mass is 338 g/mol. The van der Waals surface area contributed by atoms with E-state index in [9.17, 15) is 0 Å². The van der Waals surface area contributed by atoms with E-state index >= 15 is 0 Å². The molecule has 0 spiro atoms. The Morgan fingerprint density at radius 3 is 2.32 bits per heavy atom. The van der Waals surface area contributed by atoms with E-state index in [2.05, 4.69) is 71.7 Å². The Morgan fingerprint density at radius 2 is 1.84 bits per heavy atom. The lowest BCUT2D eigenvalue weighted by Gasteiger charge is -2.16. The first-order valence-electron chi connectivity index (χ1n) is 6.30. The van der Waals surface area contributed by atoms with Crippen molar-refractivity contribution >= 4 is 27.3 Å². The maximum absolute atomic E-state index is 4.80. The molecule has 0 amide bonds. The summed E-state index contributed by atoms with van der Waals surface area (Å²) in [6.45, 7) is 6.58. The molecule has 0 radical (unpaired) electrons. The second-order valence-corrected chi connectivity index (χ2v) is 7.40. The van der Waals surface area contributed by atoms with E-state index in [4.69, 9.17) is 4.98 Å². The lowest BCUT2D eigenvalue weighted by atomic mass is 9.93. The largest absolute Gasteiger partial charge is 0.307 e. The van der Waals surface area contributed by atoms with Crippen LogP contribution in [0.5, 0.6) is 0 Å². The highest BCUT2D eigenvalue weighted by Gasteiger charge is 2.21. The van der Waals surface area contributed by atoms with Gasteiger partial charge in [0.2, 0.25) is 0 Å². The van der Waals surface area contributed by atoms with Gasteiger partial charge in [0.1, 0.15) is 5.01 Å². The maximum Gasteiger partial charge on any atom is 0.114 e. The van der Waals surface area contributed by atoms with E-state index < -0.39 is 0 Å². The van der Waals surface area contributed by atoms with Crippen molar-refractivity contribution in [2.24, 2.45) is 0 Å². The van der Waals surface area contributed by atoms with Crippen molar-refractivity contribution in [3.05, 3.63) is 50.4 Å². The lowest BCUT2D eigenvalue weighted by Crippen LogP contribution is -2.18. The van der Waals surface area contributed by atoms with Gasteiger partial charge < -0.3 is 5.32 Å². The van der Waals surface area contributed by atoms with Crippen LogP contribution in [0.1, 0.15) is 43.1 Å². The second-order valence-electron chi connectivity index (χ2n) is 5.59. The van der Waals surface area contributed by atoms with Crippen molar-refractivity contribution in [2.45, 2.75) is 32.2 Å². The Bertz CT molecular complexity index is 540. The van der Waals surface area contributed by atoms with Crippen LogP contribution in [0.3, 0.4) is 0 Å². The Kier molecular flexibility index (Phi) is 4.43. The van der Waals surface area contributed by atoms with Crippen LogP contribution >= 0.6 is 27.3 Å². The third-order valence-electron chi connectivity index (χ3n) is 3.03. The number of halogens is 1. The standard InChI is InChI=1S/C15H19BrN2S/c1-15(2,3)12-9-19-14(18-12)13(17-4)10-5-7-11(16)8-6-10/h5-9,13,17H,1-4H3. The summed E-state index contributed by atoms with van der Waals surface area (Å²) in [6, 6.07) is 8.55. The highest BCUT2D eigenvalue weighted by Crippen LogP contribution is 2.30. The van der Waals surface area contributed by atoms with Crippen LogP contribution in [0.4, 0.5) is 0 Å². The van der Waals surface area contributed by atoms with Crippen molar-refractivity contribution in [1.29, 1.82) is 0 Å². The zero-order chi connectivity index (χ0) is 14.0. The fourth-order valence-corrected chi connectivity index (χ4v) is 3.30. The predicted molar refractivity (Wildman–Crippen MR) is 85.9 cm³/mol. The zero-order valence-electron chi connectivity index (χ0n) is 11.7. The van der Waals surface area contributed by atoms with Gasteiger partial charge >= 0.3 is 0 Å². The molecule has 4 heteroatoms. The van der Waals surface area contributed by atoms with Crippen LogP contribution < -0.4 is 5.32 Å². The zero-order valence-corrected chi connectivity index (χ0v) is 14.1. The first-order chi connectivity index (χ1) is 8.91. The predicted octanol–water partition coefficient (Wildman–Crippen LogP) is 4.51. The van der Waals surface area contributed by atoms with Crippen LogP contribution in [0.15, 0.2) is 34.1 Å². The summed E-state index contributed by atoms with van der Waals surface area (Å²) in [5.41, 5.74) is 2.50. The first-order valence-corrected chi connectivity index (χ1v) is 7.97. The number of rotatable bonds is 3. The Hall–Kier alpha value is -0.710. The van der Waals surface area contributed by atoms with E-state index in [0.29, 0.717) is 0 Å². The van der Waals surface area contributed by atoms with Gasteiger partial charge in [-0.15, -0.1) is 11.3 Å². The van der Waals surface area contributed by atoms with E-state index in [0.717, 1.165) is 15.2 Å². The SMILES string of the molecule is CNC(c1ccc(Br)cc1)c1nc(C(C)(C)C)cs1. The third kappa shape index (κ3) is 3.44. The van der Waals surface area contributed by atoms with Crippen LogP contribution in [0.2, 0.25) is 0 Å². The molecule has 1 atom stereocenters. The van der Waals surface area contributed by atoms with Crippen molar-refractivity contribution in [3.8, 4) is 0 Å². The minimum absolute atomic E-state index is 0.104. The molecular formula is C15H19BrN2S. The molecule has 1 unspecified atom stereocenters. The quantitative estimate of drug-likeness (QED) is 0.890. The lowest BCUT2D eigenvalue weighted by molar-refractivity contribution is 0.566. The van der Waals surface area contributed by atoms with Crippen molar-refractivity contribution in [1.82, 2.24) is 10.3 Å². The molecule has 0 saturated carbocycles. The number of hydrogen-bond acceptors (Lipinski definition) is 3. The molecule has 1 heterocycles. The van der Waals surface area contributed by atoms with Crippen LogP contribution in [0.25, 0.3) is 0 Å². The van der Waals surface area contributed by atoms with Crippen LogP contribution in [-0.2, 0) is 5.41 Å². The molecule has 1 aromatic carbocycles. The molecule has 0 aliphatic rings. The van der Waals surface area contributed by atoms with Gasteiger partial charge in [-0.25, -0.2) is 4.98 Å². The summed E-state index contributed by atoms with van der Waals surface area (Å²) in [6.07, 6.45) is 0. The van der Waals surface area contributed by atoms with Crippen molar-refractivity contribution in [3.63, 3.8) is 0 Å². The average Bonchev–Trinajstić information content (AvgIpc) is 2.82. The molecule has 0 bridgehead atoms. The molecule has 102 valence electrons. The molecule has 0 fully saturated rings. The van der Waals surface area contributed by atoms with E-state index in [1.807, 2.05) is 7.05 Å². The molecule has 0 saturated heterocycles. The summed E-state index contributed by atoms with van der Waals surface area (Å²) >= 11 is 5.19. The number of thiazole rings is 1. The van der Waals surface area contributed by atoms with E-state index in [1.165, 1.54) is 5.56 Å². The van der Waals surface area contributed by atoms with Gasteiger partial charge in [0.05, 0.1) is 11.7 Å². The molecule has 2 aromatic rings. The molecule has 1 aromatic heterocycles. The Balaban J connectivity index is 2.32. The number of aromatic nitrogens is 1. The molecule has 2 nitrogen and oxygen atoms in total. The summed E-state index contributed by atoms with van der Waals surface area (Å²) in [4.78, 5) is 4.80. The third-order valence-corrected chi connectivity index (χ3v) is 4.47. The van der Waals surface area contributed by atoms with Gasteiger partial charge in [0.15, 0.2) is 0 Å². The number of hydrogen-bond donors (Lipinski definition) is 1. The first kappa shape index (κ1) is 14.7. The van der Waals surface area contributed by atoms with Gasteiger partial charge in [-0.05, 0) is 24.7 Å². The Morgan fingerprint density at radius 1 is 1.21 bits per heavy atom. The number of benzene rings is 1. The smallest absolute Gasteiger partial charge is 0.114 e. The van der Waals surface area contributed by atoms with E-state index in [1.54, 1.807) is 11.3 Å². The normalized spacial score (nSPS) is 13.5. The van der Waals surface area contributed by atoms with Gasteiger partial charge in [0.25, 0.3) is 0 Å². The van der Waals surface area contributed by atoms with E-state index in [-0.39, 0.29) is 11.5 Å². The number of nitrogens with one attached hydrogen (secondary N) is 1. The summed E-state index contributed by atoms with van der Waals surface area (Å²) in [7, 11) is 1.98. The fourth-order valence-electron chi connectivity index (χ4n) is 1.85. The van der Waals surface area contributed by atoms with Crippen molar-refractivity contribution < 1.29 is 0 Å². The molecule has 1 N–H and O–H groups in total. The van der Waals surface area contributed by atoms with Crippen LogP contribution in [-0.4, -0.2) is 12.0 Å². The highest BCUT2D eigenvalue weighted by molar-refractivity contribution is 9.10. The molecule has 0 aliphatic carbocycles. The van der Waals surface area contributed by atoms with Gasteiger partial charge in [0, 0.05) is 15.3 Å². The average molecular weight is 339 g/mol. The Labute approximate surface area is 127 Å². The molecular weight excluding hydrogens is 320 g/mol. The minimum Gasteiger partial charge on any atom is -0.307 e. The summed E-state index contributed by atoms with van der Waals surface area (Å²) in [5, 5.41) is 6.64.